The molecule has 0 aliphatic carbocycles. The van der Waals surface area contributed by atoms with Crippen LogP contribution >= 0.6 is 11.8 Å². The van der Waals surface area contributed by atoms with Crippen LogP contribution in [0.4, 0.5) is 5.95 Å². The summed E-state index contributed by atoms with van der Waals surface area (Å²) in [4.78, 5) is 24.1. The summed E-state index contributed by atoms with van der Waals surface area (Å²) in [5, 5.41) is 1.04. The molecular weight excluding hydrogens is 408 g/mol. The van der Waals surface area contributed by atoms with Gasteiger partial charge in [-0.05, 0) is 36.6 Å². The second-order valence-corrected chi connectivity index (χ2v) is 8.64. The lowest BCUT2D eigenvalue weighted by molar-refractivity contribution is 0.0601. The molecular formula is C24H28N4O2S. The smallest absolute Gasteiger partial charge is 0.337 e. The third-order valence-corrected chi connectivity index (χ3v) is 6.45. The van der Waals surface area contributed by atoms with Gasteiger partial charge >= 0.3 is 5.97 Å². The number of aliphatic imine (C=N–C) groups is 1. The molecule has 0 unspecified atom stereocenters. The number of unbranched alkanes of at least 4 members (excludes halogenated alkanes) is 1. The Morgan fingerprint density at radius 2 is 2.03 bits per heavy atom. The average molecular weight is 437 g/mol. The van der Waals surface area contributed by atoms with E-state index in [1.807, 2.05) is 12.1 Å². The Balaban J connectivity index is 1.71. The van der Waals surface area contributed by atoms with E-state index in [9.17, 15) is 4.79 Å². The van der Waals surface area contributed by atoms with Crippen LogP contribution in [0.3, 0.4) is 0 Å². The Kier molecular flexibility index (Phi) is 6.92. The summed E-state index contributed by atoms with van der Waals surface area (Å²) in [7, 11) is 1.39. The van der Waals surface area contributed by atoms with Gasteiger partial charge in [-0.1, -0.05) is 55.4 Å². The number of amidine groups is 1. The summed E-state index contributed by atoms with van der Waals surface area (Å²) >= 11 is 1.79. The lowest BCUT2D eigenvalue weighted by atomic mass is 10.1. The van der Waals surface area contributed by atoms with Gasteiger partial charge in [0.25, 0.3) is 0 Å². The highest BCUT2D eigenvalue weighted by atomic mass is 32.2. The molecule has 1 aromatic heterocycles. The van der Waals surface area contributed by atoms with Crippen molar-refractivity contribution in [2.45, 2.75) is 32.7 Å². The van der Waals surface area contributed by atoms with Crippen molar-refractivity contribution in [3.8, 4) is 0 Å². The SMILES string of the molecule is CCCCN1CCS/C1=N\c1nc2cc(C(=O)OC)ccc2n1CCc1ccccc1. The van der Waals surface area contributed by atoms with Crippen molar-refractivity contribution in [2.24, 2.45) is 4.99 Å². The minimum absolute atomic E-state index is 0.356. The van der Waals surface area contributed by atoms with Gasteiger partial charge in [0, 0.05) is 25.4 Å². The molecule has 0 spiro atoms. The summed E-state index contributed by atoms with van der Waals surface area (Å²) in [5.74, 6) is 1.39. The first kappa shape index (κ1) is 21.4. The fourth-order valence-corrected chi connectivity index (χ4v) is 4.74. The van der Waals surface area contributed by atoms with Crippen LogP contribution in [-0.4, -0.2) is 51.5 Å². The molecule has 4 rings (SSSR count). The third-order valence-electron chi connectivity index (χ3n) is 5.46. The van der Waals surface area contributed by atoms with Gasteiger partial charge in [0.05, 0.1) is 23.7 Å². The summed E-state index contributed by atoms with van der Waals surface area (Å²) in [5.41, 5.74) is 3.51. The second-order valence-electron chi connectivity index (χ2n) is 7.58. The summed E-state index contributed by atoms with van der Waals surface area (Å²) in [6, 6.07) is 16.0. The van der Waals surface area contributed by atoms with E-state index in [0.29, 0.717) is 11.5 Å². The first-order valence-corrected chi connectivity index (χ1v) is 11.8. The number of hydrogen-bond acceptors (Lipinski definition) is 5. The van der Waals surface area contributed by atoms with E-state index >= 15 is 0 Å². The molecule has 0 bridgehead atoms. The molecule has 3 aromatic rings. The summed E-state index contributed by atoms with van der Waals surface area (Å²) in [6.07, 6.45) is 3.21. The van der Waals surface area contributed by atoms with E-state index in [-0.39, 0.29) is 5.97 Å². The van der Waals surface area contributed by atoms with Crippen molar-refractivity contribution in [3.05, 3.63) is 59.7 Å². The van der Waals surface area contributed by atoms with Gasteiger partial charge in [0.2, 0.25) is 5.95 Å². The topological polar surface area (TPSA) is 59.7 Å². The minimum atomic E-state index is -0.356. The molecule has 0 N–H and O–H groups in total. The maximum atomic E-state index is 12.0. The van der Waals surface area contributed by atoms with Crippen molar-refractivity contribution >= 4 is 39.9 Å². The molecule has 6 nitrogen and oxygen atoms in total. The Morgan fingerprint density at radius 1 is 1.19 bits per heavy atom. The van der Waals surface area contributed by atoms with Crippen molar-refractivity contribution in [3.63, 3.8) is 0 Å². The highest BCUT2D eigenvalue weighted by molar-refractivity contribution is 8.14. The number of nitrogens with zero attached hydrogens (tertiary/aromatic N) is 4. The number of esters is 1. The molecule has 31 heavy (non-hydrogen) atoms. The van der Waals surface area contributed by atoms with Crippen molar-refractivity contribution in [1.29, 1.82) is 0 Å². The van der Waals surface area contributed by atoms with Gasteiger partial charge in [0.1, 0.15) is 0 Å². The predicted molar refractivity (Wildman–Crippen MR) is 127 cm³/mol. The molecule has 2 heterocycles. The first-order valence-electron chi connectivity index (χ1n) is 10.8. The first-order chi connectivity index (χ1) is 15.2. The number of imidazole rings is 1. The number of benzene rings is 2. The molecule has 162 valence electrons. The normalized spacial score (nSPS) is 15.2. The zero-order valence-electron chi connectivity index (χ0n) is 18.1. The Hall–Kier alpha value is -2.80. The average Bonchev–Trinajstić information content (AvgIpc) is 3.39. The standard InChI is InChI=1S/C24H28N4O2S/c1-3-4-13-27-15-16-31-24(27)26-23-25-20-17-19(22(29)30-2)10-11-21(20)28(23)14-12-18-8-6-5-7-9-18/h5-11,17H,3-4,12-16H2,1-2H3/b26-24-. The molecule has 0 atom stereocenters. The van der Waals surface area contributed by atoms with Crippen molar-refractivity contribution in [1.82, 2.24) is 14.5 Å². The van der Waals surface area contributed by atoms with Gasteiger partial charge in [-0.3, -0.25) is 0 Å². The Bertz CT molecular complexity index is 1080. The highest BCUT2D eigenvalue weighted by Crippen LogP contribution is 2.27. The summed E-state index contributed by atoms with van der Waals surface area (Å²) < 4.78 is 7.04. The van der Waals surface area contributed by atoms with Crippen LogP contribution in [0.2, 0.25) is 0 Å². The molecule has 1 aliphatic rings. The van der Waals surface area contributed by atoms with Crippen LogP contribution in [-0.2, 0) is 17.7 Å². The monoisotopic (exact) mass is 436 g/mol. The fourth-order valence-electron chi connectivity index (χ4n) is 3.73. The number of aromatic nitrogens is 2. The van der Waals surface area contributed by atoms with E-state index in [0.717, 1.165) is 54.4 Å². The minimum Gasteiger partial charge on any atom is -0.465 e. The van der Waals surface area contributed by atoms with E-state index < -0.39 is 0 Å². The van der Waals surface area contributed by atoms with Gasteiger partial charge in [0.15, 0.2) is 5.17 Å². The second kappa shape index (κ2) is 10.0. The van der Waals surface area contributed by atoms with Crippen LogP contribution in [0, 0.1) is 0 Å². The number of carbonyl (C=O) groups is 1. The molecule has 0 saturated carbocycles. The third kappa shape index (κ3) is 4.93. The molecule has 7 heteroatoms. The van der Waals surface area contributed by atoms with Crippen LogP contribution in [0.15, 0.2) is 53.5 Å². The zero-order valence-corrected chi connectivity index (χ0v) is 18.9. The van der Waals surface area contributed by atoms with E-state index in [1.165, 1.54) is 19.1 Å². The predicted octanol–water partition coefficient (Wildman–Crippen LogP) is 4.90. The number of ether oxygens (including phenoxy) is 1. The summed E-state index contributed by atoms with van der Waals surface area (Å²) in [6.45, 7) is 5.03. The van der Waals surface area contributed by atoms with E-state index in [4.69, 9.17) is 14.7 Å². The largest absolute Gasteiger partial charge is 0.465 e. The molecule has 1 fully saturated rings. The molecule has 1 aliphatic heterocycles. The molecule has 0 radical (unpaired) electrons. The van der Waals surface area contributed by atoms with E-state index in [2.05, 4.69) is 40.7 Å². The van der Waals surface area contributed by atoms with Crippen LogP contribution < -0.4 is 0 Å². The molecule has 2 aromatic carbocycles. The number of thioether (sulfide) groups is 1. The van der Waals surface area contributed by atoms with Gasteiger partial charge in [-0.25, -0.2) is 9.78 Å². The number of aryl methyl sites for hydroxylation is 2. The lowest BCUT2D eigenvalue weighted by Gasteiger charge is -2.17. The van der Waals surface area contributed by atoms with Crippen molar-refractivity contribution in [2.75, 3.05) is 26.0 Å². The van der Waals surface area contributed by atoms with Gasteiger partial charge < -0.3 is 14.2 Å². The van der Waals surface area contributed by atoms with Gasteiger partial charge in [-0.2, -0.15) is 4.99 Å². The number of hydrogen-bond donors (Lipinski definition) is 0. The van der Waals surface area contributed by atoms with Crippen LogP contribution in [0.5, 0.6) is 0 Å². The highest BCUT2D eigenvalue weighted by Gasteiger charge is 2.21. The Labute approximate surface area is 187 Å². The van der Waals surface area contributed by atoms with Gasteiger partial charge in [-0.15, -0.1) is 0 Å². The molecule has 0 amide bonds. The zero-order chi connectivity index (χ0) is 21.6. The number of methoxy groups -OCH3 is 1. The quantitative estimate of drug-likeness (QED) is 0.470. The van der Waals surface area contributed by atoms with Crippen LogP contribution in [0.25, 0.3) is 11.0 Å². The number of rotatable bonds is 8. The maximum Gasteiger partial charge on any atom is 0.337 e. The fraction of sp³-hybridized carbons (Fsp3) is 0.375. The molecule has 1 saturated heterocycles. The Morgan fingerprint density at radius 3 is 2.81 bits per heavy atom. The van der Waals surface area contributed by atoms with E-state index in [1.54, 1.807) is 23.9 Å². The van der Waals surface area contributed by atoms with Crippen LogP contribution in [0.1, 0.15) is 35.7 Å². The number of carbonyl (C=O) groups excluding carboxylic acids is 1. The number of fused-ring (bicyclic) bond motifs is 1. The maximum absolute atomic E-state index is 12.0. The van der Waals surface area contributed by atoms with Crippen molar-refractivity contribution < 1.29 is 9.53 Å². The lowest BCUT2D eigenvalue weighted by Crippen LogP contribution is -2.25.